The summed E-state index contributed by atoms with van der Waals surface area (Å²) in [6.45, 7) is 1.48. The van der Waals surface area contributed by atoms with Crippen LogP contribution >= 0.6 is 0 Å². The molecule has 3 aromatic rings. The summed E-state index contributed by atoms with van der Waals surface area (Å²) in [4.78, 5) is 12.6. The summed E-state index contributed by atoms with van der Waals surface area (Å²) in [5.41, 5.74) is 4.72. The first-order chi connectivity index (χ1) is 12.2. The zero-order chi connectivity index (χ0) is 17.2. The number of hydrogen-bond acceptors (Lipinski definition) is 3. The van der Waals surface area contributed by atoms with Crippen LogP contribution < -0.4 is 5.32 Å². The molecule has 4 rings (SSSR count). The maximum atomic E-state index is 12.6. The molecule has 0 atom stereocenters. The molecule has 2 aromatic heterocycles. The second-order valence-electron chi connectivity index (χ2n) is 6.38. The number of aromatic nitrogens is 4. The van der Waals surface area contributed by atoms with E-state index in [0.29, 0.717) is 12.2 Å². The lowest BCUT2D eigenvalue weighted by molar-refractivity contribution is 0.0941. The molecule has 6 nitrogen and oxygen atoms in total. The summed E-state index contributed by atoms with van der Waals surface area (Å²) in [5.74, 6) is -0.118. The van der Waals surface area contributed by atoms with Gasteiger partial charge in [-0.25, -0.2) is 0 Å². The molecule has 128 valence electrons. The molecule has 3 heterocycles. The molecule has 25 heavy (non-hydrogen) atoms. The fourth-order valence-corrected chi connectivity index (χ4v) is 3.33. The standard InChI is InChI=1S/C19H21N5O/c1-23-18(11-16(22-23)14-7-3-2-4-8-14)19(25)20-12-15-13-21-24-10-6-5-9-17(15)24/h2-4,7-8,11,13H,5-6,9-10,12H2,1H3,(H,20,25). The van der Waals surface area contributed by atoms with Gasteiger partial charge >= 0.3 is 0 Å². The fourth-order valence-electron chi connectivity index (χ4n) is 3.33. The van der Waals surface area contributed by atoms with Crippen LogP contribution in [0.5, 0.6) is 0 Å². The molecule has 1 aromatic carbocycles. The molecule has 1 aliphatic rings. The number of nitrogens with zero attached hydrogens (tertiary/aromatic N) is 4. The Balaban J connectivity index is 1.48. The predicted octanol–water partition coefficient (Wildman–Crippen LogP) is 2.55. The predicted molar refractivity (Wildman–Crippen MR) is 95.0 cm³/mol. The number of nitrogens with one attached hydrogen (secondary N) is 1. The Morgan fingerprint density at radius 3 is 2.92 bits per heavy atom. The third-order valence-electron chi connectivity index (χ3n) is 4.69. The van der Waals surface area contributed by atoms with Crippen molar-refractivity contribution in [2.45, 2.75) is 32.4 Å². The zero-order valence-electron chi connectivity index (χ0n) is 14.3. The second kappa shape index (κ2) is 6.55. The molecule has 0 aliphatic carbocycles. The molecule has 1 amide bonds. The first-order valence-corrected chi connectivity index (χ1v) is 8.63. The molecule has 0 saturated heterocycles. The Morgan fingerprint density at radius 1 is 1.24 bits per heavy atom. The molecule has 0 bridgehead atoms. The van der Waals surface area contributed by atoms with Crippen molar-refractivity contribution in [2.24, 2.45) is 7.05 Å². The van der Waals surface area contributed by atoms with Crippen LogP contribution in [0.4, 0.5) is 0 Å². The lowest BCUT2D eigenvalue weighted by Gasteiger charge is -2.14. The summed E-state index contributed by atoms with van der Waals surface area (Å²) in [6.07, 6.45) is 5.28. The zero-order valence-corrected chi connectivity index (χ0v) is 14.3. The Morgan fingerprint density at radius 2 is 2.08 bits per heavy atom. The van der Waals surface area contributed by atoms with Crippen LogP contribution in [0.15, 0.2) is 42.6 Å². The van der Waals surface area contributed by atoms with Crippen molar-refractivity contribution in [1.82, 2.24) is 24.9 Å². The third-order valence-corrected chi connectivity index (χ3v) is 4.69. The number of aryl methyl sites for hydroxylation is 2. The number of amides is 1. The summed E-state index contributed by atoms with van der Waals surface area (Å²) in [5, 5.41) is 11.9. The second-order valence-corrected chi connectivity index (χ2v) is 6.38. The minimum Gasteiger partial charge on any atom is -0.347 e. The molecular formula is C19H21N5O. The average Bonchev–Trinajstić information content (AvgIpc) is 3.24. The molecule has 0 radical (unpaired) electrons. The van der Waals surface area contributed by atoms with Crippen molar-refractivity contribution in [3.05, 3.63) is 59.5 Å². The van der Waals surface area contributed by atoms with Crippen molar-refractivity contribution < 1.29 is 4.79 Å². The maximum absolute atomic E-state index is 12.6. The summed E-state index contributed by atoms with van der Waals surface area (Å²) in [7, 11) is 1.79. The molecule has 0 saturated carbocycles. The van der Waals surface area contributed by atoms with Crippen molar-refractivity contribution in [1.29, 1.82) is 0 Å². The highest BCUT2D eigenvalue weighted by atomic mass is 16.2. The van der Waals surface area contributed by atoms with Crippen LogP contribution in [0.3, 0.4) is 0 Å². The monoisotopic (exact) mass is 335 g/mol. The minimum atomic E-state index is -0.118. The van der Waals surface area contributed by atoms with Crippen LogP contribution in [0.25, 0.3) is 11.3 Å². The fraction of sp³-hybridized carbons (Fsp3) is 0.316. The minimum absolute atomic E-state index is 0.118. The highest BCUT2D eigenvalue weighted by Gasteiger charge is 2.17. The molecule has 0 spiro atoms. The Hall–Kier alpha value is -2.89. The first kappa shape index (κ1) is 15.6. The first-order valence-electron chi connectivity index (χ1n) is 8.63. The van der Waals surface area contributed by atoms with Crippen LogP contribution in [0, 0.1) is 0 Å². The van der Waals surface area contributed by atoms with Gasteiger partial charge in [0, 0.05) is 37.0 Å². The van der Waals surface area contributed by atoms with Crippen molar-refractivity contribution in [2.75, 3.05) is 0 Å². The summed E-state index contributed by atoms with van der Waals surface area (Å²) < 4.78 is 3.69. The maximum Gasteiger partial charge on any atom is 0.269 e. The smallest absolute Gasteiger partial charge is 0.269 e. The molecule has 6 heteroatoms. The number of rotatable bonds is 4. The van der Waals surface area contributed by atoms with E-state index in [0.717, 1.165) is 29.8 Å². The van der Waals surface area contributed by atoms with Gasteiger partial charge in [0.05, 0.1) is 11.9 Å². The normalized spacial score (nSPS) is 13.5. The highest BCUT2D eigenvalue weighted by molar-refractivity contribution is 5.93. The number of fused-ring (bicyclic) bond motifs is 1. The summed E-state index contributed by atoms with van der Waals surface area (Å²) in [6, 6.07) is 11.7. The van der Waals surface area contributed by atoms with Crippen molar-refractivity contribution in [3.63, 3.8) is 0 Å². The molecule has 0 unspecified atom stereocenters. The van der Waals surface area contributed by atoms with Crippen LogP contribution in [-0.2, 0) is 26.6 Å². The van der Waals surface area contributed by atoms with Crippen molar-refractivity contribution >= 4 is 5.91 Å². The van der Waals surface area contributed by atoms with Gasteiger partial charge in [-0.3, -0.25) is 14.2 Å². The Labute approximate surface area is 146 Å². The third kappa shape index (κ3) is 3.07. The van der Waals surface area contributed by atoms with Gasteiger partial charge in [0.2, 0.25) is 0 Å². The van der Waals surface area contributed by atoms with E-state index >= 15 is 0 Å². The van der Waals surface area contributed by atoms with E-state index in [1.54, 1.807) is 11.7 Å². The van der Waals surface area contributed by atoms with Gasteiger partial charge < -0.3 is 5.32 Å². The number of carbonyl (C=O) groups excluding carboxylic acids is 1. The van der Waals surface area contributed by atoms with E-state index in [9.17, 15) is 4.79 Å². The van der Waals surface area contributed by atoms with E-state index in [4.69, 9.17) is 0 Å². The van der Waals surface area contributed by atoms with Gasteiger partial charge in [-0.15, -0.1) is 0 Å². The molecule has 0 fully saturated rings. The van der Waals surface area contributed by atoms with E-state index in [1.165, 1.54) is 18.5 Å². The largest absolute Gasteiger partial charge is 0.347 e. The lowest BCUT2D eigenvalue weighted by atomic mass is 10.1. The Kier molecular flexibility index (Phi) is 4.09. The average molecular weight is 335 g/mol. The van der Waals surface area contributed by atoms with Crippen LogP contribution in [-0.4, -0.2) is 25.5 Å². The van der Waals surface area contributed by atoms with Crippen molar-refractivity contribution in [3.8, 4) is 11.3 Å². The van der Waals surface area contributed by atoms with Gasteiger partial charge in [0.1, 0.15) is 5.69 Å². The van der Waals surface area contributed by atoms with E-state index < -0.39 is 0 Å². The number of carbonyl (C=O) groups is 1. The number of hydrogen-bond donors (Lipinski definition) is 1. The van der Waals surface area contributed by atoms with Gasteiger partial charge in [0.25, 0.3) is 5.91 Å². The topological polar surface area (TPSA) is 64.7 Å². The van der Waals surface area contributed by atoms with Crippen LogP contribution in [0.2, 0.25) is 0 Å². The number of benzene rings is 1. The SMILES string of the molecule is Cn1nc(-c2ccccc2)cc1C(=O)NCc1cnn2c1CCCC2. The Bertz CT molecular complexity index is 894. The van der Waals surface area contributed by atoms with E-state index in [1.807, 2.05) is 42.6 Å². The van der Waals surface area contributed by atoms with Gasteiger partial charge in [-0.1, -0.05) is 30.3 Å². The quantitative estimate of drug-likeness (QED) is 0.797. The van der Waals surface area contributed by atoms with Gasteiger partial charge in [-0.05, 0) is 25.3 Å². The molecule has 1 aliphatic heterocycles. The molecule has 1 N–H and O–H groups in total. The van der Waals surface area contributed by atoms with Crippen LogP contribution in [0.1, 0.15) is 34.6 Å². The van der Waals surface area contributed by atoms with Gasteiger partial charge in [-0.2, -0.15) is 10.2 Å². The van der Waals surface area contributed by atoms with Gasteiger partial charge in [0.15, 0.2) is 0 Å². The highest BCUT2D eigenvalue weighted by Crippen LogP contribution is 2.19. The van der Waals surface area contributed by atoms with E-state index in [-0.39, 0.29) is 5.91 Å². The molecular weight excluding hydrogens is 314 g/mol. The lowest BCUT2D eigenvalue weighted by Crippen LogP contribution is -2.25. The van der Waals surface area contributed by atoms with E-state index in [2.05, 4.69) is 20.2 Å². The summed E-state index contributed by atoms with van der Waals surface area (Å²) >= 11 is 0.